The molecule has 0 radical (unpaired) electrons. The number of halogens is 6. The van der Waals surface area contributed by atoms with E-state index in [0.29, 0.717) is 22.7 Å². The summed E-state index contributed by atoms with van der Waals surface area (Å²) in [5.41, 5.74) is -5.55. The van der Waals surface area contributed by atoms with Crippen molar-refractivity contribution in [2.45, 2.75) is 29.7 Å². The smallest absolute Gasteiger partial charge is 0.394 e. The van der Waals surface area contributed by atoms with Crippen molar-refractivity contribution in [3.63, 3.8) is 0 Å². The van der Waals surface area contributed by atoms with Crippen LogP contribution in [0.1, 0.15) is 28.5 Å². The van der Waals surface area contributed by atoms with E-state index in [1.165, 1.54) is 19.1 Å². The highest BCUT2D eigenvalue weighted by Gasteiger charge is 2.36. The second-order valence-corrected chi connectivity index (χ2v) is 11.0. The van der Waals surface area contributed by atoms with Gasteiger partial charge in [0.2, 0.25) is 10.0 Å². The third-order valence-electron chi connectivity index (χ3n) is 6.00. The summed E-state index contributed by atoms with van der Waals surface area (Å²) in [5, 5.41) is 24.8. The van der Waals surface area contributed by atoms with Crippen molar-refractivity contribution in [3.8, 4) is 11.3 Å². The average molecular weight is 618 g/mol. The maximum absolute atomic E-state index is 13.9. The summed E-state index contributed by atoms with van der Waals surface area (Å²) >= 11 is 0. The molecular weight excluding hydrogens is 596 g/mol. The fourth-order valence-electron chi connectivity index (χ4n) is 3.74. The van der Waals surface area contributed by atoms with Crippen LogP contribution in [0.2, 0.25) is 0 Å². The molecule has 4 aromatic rings. The monoisotopic (exact) mass is 617 g/mol. The largest absolute Gasteiger partial charge is 0.433 e. The molecule has 0 bridgehead atoms. The lowest BCUT2D eigenvalue weighted by atomic mass is 10.1. The lowest BCUT2D eigenvalue weighted by Gasteiger charge is -2.25. The molecule has 0 fully saturated rings. The summed E-state index contributed by atoms with van der Waals surface area (Å²) in [5.74, 6) is -1.02. The molecule has 1 amide bonds. The van der Waals surface area contributed by atoms with Gasteiger partial charge in [-0.15, -0.1) is 0 Å². The zero-order valence-corrected chi connectivity index (χ0v) is 22.1. The number of hydrogen-bond donors (Lipinski definition) is 4. The Labute approximate surface area is 233 Å². The summed E-state index contributed by atoms with van der Waals surface area (Å²) < 4.78 is 108. The summed E-state index contributed by atoms with van der Waals surface area (Å²) in [6.45, 7) is -0.201. The van der Waals surface area contributed by atoms with Crippen LogP contribution < -0.4 is 10.0 Å². The predicted octanol–water partition coefficient (Wildman–Crippen LogP) is 3.71. The number of aliphatic hydroxyl groups excluding tert-OH is 2. The van der Waals surface area contributed by atoms with Crippen molar-refractivity contribution < 1.29 is 49.8 Å². The highest BCUT2D eigenvalue weighted by Crippen LogP contribution is 2.34. The van der Waals surface area contributed by atoms with Crippen LogP contribution in [-0.2, 0) is 22.4 Å². The van der Waals surface area contributed by atoms with Gasteiger partial charge in [0.15, 0.2) is 11.3 Å². The van der Waals surface area contributed by atoms with Crippen LogP contribution >= 0.6 is 0 Å². The molecule has 4 rings (SSSR count). The molecule has 42 heavy (non-hydrogen) atoms. The summed E-state index contributed by atoms with van der Waals surface area (Å²) in [4.78, 5) is 16.8. The van der Waals surface area contributed by atoms with E-state index in [1.807, 2.05) is 0 Å². The summed E-state index contributed by atoms with van der Waals surface area (Å²) in [6.07, 6.45) is -8.86. The highest BCUT2D eigenvalue weighted by atomic mass is 32.2. The normalized spacial score (nSPS) is 13.0. The average Bonchev–Trinajstić information content (AvgIpc) is 3.35. The lowest BCUT2D eigenvalue weighted by molar-refractivity contribution is -0.142. The fraction of sp³-hybridized carbons (Fsp3) is 0.240. The molecule has 0 saturated carbocycles. The molecule has 0 atom stereocenters. The molecule has 0 aliphatic rings. The molecule has 2 aromatic carbocycles. The van der Waals surface area contributed by atoms with E-state index >= 15 is 0 Å². The number of hydrogen-bond acceptors (Lipinski definition) is 7. The zero-order valence-electron chi connectivity index (χ0n) is 21.3. The summed E-state index contributed by atoms with van der Waals surface area (Å²) in [6, 6.07) is 8.57. The molecule has 0 saturated heterocycles. The number of carbonyl (C=O) groups excluding carboxylic acids is 1. The van der Waals surface area contributed by atoms with E-state index in [2.05, 4.69) is 20.1 Å². The van der Waals surface area contributed by atoms with Gasteiger partial charge in [0.05, 0.1) is 41.1 Å². The van der Waals surface area contributed by atoms with Crippen molar-refractivity contribution in [2.24, 2.45) is 0 Å². The van der Waals surface area contributed by atoms with Gasteiger partial charge in [-0.25, -0.2) is 22.6 Å². The molecule has 0 aliphatic heterocycles. The second-order valence-electron chi connectivity index (χ2n) is 9.36. The standard InChI is InChI=1S/C25H21F6N5O5S/c1-23(12-37,13-38)35-42(40,41)17-4-2-3-16(9-17)33-22(39)18-11-32-36-20(25(29,30)31)10-19(34-21(18)36)14-5-7-15(8-6-14)24(26,27)28/h2-11,35,37-38H,12-13H2,1H3,(H,33,39). The van der Waals surface area contributed by atoms with Gasteiger partial charge >= 0.3 is 12.4 Å². The highest BCUT2D eigenvalue weighted by molar-refractivity contribution is 7.89. The minimum atomic E-state index is -4.99. The Morgan fingerprint density at radius 2 is 1.60 bits per heavy atom. The summed E-state index contributed by atoms with van der Waals surface area (Å²) in [7, 11) is -4.31. The number of nitrogens with one attached hydrogen (secondary N) is 2. The Bertz CT molecular complexity index is 1730. The van der Waals surface area contributed by atoms with E-state index in [-0.39, 0.29) is 21.8 Å². The van der Waals surface area contributed by atoms with Crippen LogP contribution in [0.25, 0.3) is 16.9 Å². The maximum atomic E-state index is 13.9. The molecule has 17 heteroatoms. The molecule has 10 nitrogen and oxygen atoms in total. The van der Waals surface area contributed by atoms with E-state index in [4.69, 9.17) is 0 Å². The number of nitrogens with zero attached hydrogens (tertiary/aromatic N) is 3. The van der Waals surface area contributed by atoms with E-state index in [0.717, 1.165) is 30.5 Å². The van der Waals surface area contributed by atoms with Crippen molar-refractivity contribution in [2.75, 3.05) is 18.5 Å². The van der Waals surface area contributed by atoms with Gasteiger partial charge in [0.1, 0.15) is 5.56 Å². The first kappa shape index (κ1) is 30.9. The molecule has 0 spiro atoms. The van der Waals surface area contributed by atoms with Crippen LogP contribution in [0.5, 0.6) is 0 Å². The second kappa shape index (κ2) is 11.0. The molecule has 0 aliphatic carbocycles. The number of aliphatic hydroxyl groups is 2. The van der Waals surface area contributed by atoms with Crippen molar-refractivity contribution >= 4 is 27.3 Å². The minimum absolute atomic E-state index is 0.0909. The van der Waals surface area contributed by atoms with Crippen LogP contribution in [0.4, 0.5) is 32.0 Å². The molecule has 0 unspecified atom stereocenters. The van der Waals surface area contributed by atoms with Gasteiger partial charge in [0, 0.05) is 11.3 Å². The number of rotatable bonds is 8. The Balaban J connectivity index is 1.72. The lowest BCUT2D eigenvalue weighted by Crippen LogP contribution is -2.51. The fourth-order valence-corrected chi connectivity index (χ4v) is 5.18. The van der Waals surface area contributed by atoms with Gasteiger partial charge in [-0.1, -0.05) is 18.2 Å². The first-order chi connectivity index (χ1) is 19.5. The quantitative estimate of drug-likeness (QED) is 0.221. The van der Waals surface area contributed by atoms with Crippen molar-refractivity contribution in [1.82, 2.24) is 19.3 Å². The van der Waals surface area contributed by atoms with Crippen molar-refractivity contribution in [3.05, 3.63) is 77.6 Å². The Hall–Kier alpha value is -4.06. The molecular formula is C25H21F6N5O5S. The Kier molecular flexibility index (Phi) is 8.07. The third kappa shape index (κ3) is 6.38. The van der Waals surface area contributed by atoms with E-state index in [9.17, 15) is 49.8 Å². The molecule has 224 valence electrons. The number of sulfonamides is 1. The Morgan fingerprint density at radius 3 is 2.17 bits per heavy atom. The molecule has 2 aromatic heterocycles. The van der Waals surface area contributed by atoms with Crippen LogP contribution in [0.15, 0.2) is 65.7 Å². The number of carbonyl (C=O) groups is 1. The van der Waals surface area contributed by atoms with Gasteiger partial charge in [-0.3, -0.25) is 4.79 Å². The van der Waals surface area contributed by atoms with E-state index < -0.39 is 69.5 Å². The topological polar surface area (TPSA) is 146 Å². The zero-order chi connectivity index (χ0) is 31.1. The predicted molar refractivity (Wildman–Crippen MR) is 136 cm³/mol. The van der Waals surface area contributed by atoms with Gasteiger partial charge in [-0.05, 0) is 43.3 Å². The SMILES string of the molecule is CC(CO)(CO)NS(=O)(=O)c1cccc(NC(=O)c2cnn3c(C(F)(F)F)cc(-c4ccc(C(F)(F)F)cc4)nc23)c1. The van der Waals surface area contributed by atoms with Crippen LogP contribution in [-0.4, -0.2) is 57.9 Å². The van der Waals surface area contributed by atoms with Crippen LogP contribution in [0.3, 0.4) is 0 Å². The first-order valence-corrected chi connectivity index (χ1v) is 13.3. The number of anilines is 1. The van der Waals surface area contributed by atoms with Crippen LogP contribution in [0, 0.1) is 0 Å². The minimum Gasteiger partial charge on any atom is -0.394 e. The van der Waals surface area contributed by atoms with Gasteiger partial charge in [-0.2, -0.15) is 31.4 Å². The number of fused-ring (bicyclic) bond motifs is 1. The number of amides is 1. The van der Waals surface area contributed by atoms with Gasteiger partial charge < -0.3 is 15.5 Å². The first-order valence-electron chi connectivity index (χ1n) is 11.8. The third-order valence-corrected chi connectivity index (χ3v) is 7.63. The maximum Gasteiger partial charge on any atom is 0.433 e. The molecule has 2 heterocycles. The number of benzene rings is 2. The number of alkyl halides is 6. The number of aromatic nitrogens is 3. The van der Waals surface area contributed by atoms with Gasteiger partial charge in [0.25, 0.3) is 5.91 Å². The van der Waals surface area contributed by atoms with E-state index in [1.54, 1.807) is 0 Å². The Morgan fingerprint density at radius 1 is 0.952 bits per heavy atom. The molecule has 4 N–H and O–H groups in total. The van der Waals surface area contributed by atoms with Crippen molar-refractivity contribution in [1.29, 1.82) is 0 Å².